The minimum Gasteiger partial charge on any atom is -0.337 e. The highest BCUT2D eigenvalue weighted by Gasteiger charge is 2.25. The van der Waals surface area contributed by atoms with E-state index in [0.717, 1.165) is 41.0 Å². The maximum absolute atomic E-state index is 12.7. The maximum atomic E-state index is 12.7. The van der Waals surface area contributed by atoms with Crippen LogP contribution >= 0.6 is 0 Å². The van der Waals surface area contributed by atoms with Crippen molar-refractivity contribution in [2.45, 2.75) is 32.7 Å². The van der Waals surface area contributed by atoms with E-state index in [1.807, 2.05) is 73.3 Å². The summed E-state index contributed by atoms with van der Waals surface area (Å²) in [5.41, 5.74) is 5.14. The summed E-state index contributed by atoms with van der Waals surface area (Å²) in [5, 5.41) is 4.58. The zero-order valence-electron chi connectivity index (χ0n) is 16.2. The summed E-state index contributed by atoms with van der Waals surface area (Å²) in [6, 6.07) is 17.4. The molecule has 0 N–H and O–H groups in total. The van der Waals surface area contributed by atoms with Crippen molar-refractivity contribution in [3.8, 4) is 5.69 Å². The number of carbonyl (C=O) groups excluding carboxylic acids is 2. The van der Waals surface area contributed by atoms with Crippen LogP contribution < -0.4 is 0 Å². The Morgan fingerprint density at radius 2 is 1.79 bits per heavy atom. The molecule has 0 unspecified atom stereocenters. The molecule has 2 aromatic carbocycles. The van der Waals surface area contributed by atoms with Gasteiger partial charge in [0.25, 0.3) is 5.91 Å². The molecule has 1 heterocycles. The Morgan fingerprint density at radius 3 is 2.50 bits per heavy atom. The van der Waals surface area contributed by atoms with Crippen LogP contribution in [0.5, 0.6) is 0 Å². The minimum absolute atomic E-state index is 0.0238. The second-order valence-electron chi connectivity index (χ2n) is 7.29. The van der Waals surface area contributed by atoms with Crippen LogP contribution in [-0.4, -0.2) is 33.4 Å². The number of Topliss-reactive ketones (excluding diaryl/α,β-unsaturated/α-hetero) is 1. The third kappa shape index (κ3) is 3.36. The van der Waals surface area contributed by atoms with Crippen molar-refractivity contribution in [1.29, 1.82) is 0 Å². The van der Waals surface area contributed by atoms with Gasteiger partial charge in [0, 0.05) is 25.6 Å². The number of aromatic nitrogens is 2. The summed E-state index contributed by atoms with van der Waals surface area (Å²) in [7, 11) is 1.81. The van der Waals surface area contributed by atoms with E-state index < -0.39 is 0 Å². The summed E-state index contributed by atoms with van der Waals surface area (Å²) in [6.07, 6.45) is 2.31. The Morgan fingerprint density at radius 1 is 1.07 bits per heavy atom. The van der Waals surface area contributed by atoms with Crippen molar-refractivity contribution < 1.29 is 9.59 Å². The summed E-state index contributed by atoms with van der Waals surface area (Å²) < 4.78 is 1.85. The fraction of sp³-hybridized carbons (Fsp3) is 0.261. The molecular formula is C23H23N3O2. The van der Waals surface area contributed by atoms with E-state index in [1.165, 1.54) is 0 Å². The molecule has 0 bridgehead atoms. The standard InChI is InChI=1S/C23H23N3O2/c1-16-22-20(9-6-10-21(22)27)26(24-16)19-13-11-18(12-14-19)23(28)25(2)15-17-7-4-3-5-8-17/h3-5,7-8,11-14H,6,9-10,15H2,1-2H3. The Bertz CT molecular complexity index is 1020. The molecule has 0 saturated carbocycles. The van der Waals surface area contributed by atoms with Gasteiger partial charge < -0.3 is 4.90 Å². The molecule has 1 aromatic heterocycles. The van der Waals surface area contributed by atoms with E-state index in [0.29, 0.717) is 18.5 Å². The number of hydrogen-bond donors (Lipinski definition) is 0. The SMILES string of the molecule is Cc1nn(-c2ccc(C(=O)N(C)Cc3ccccc3)cc2)c2c1C(=O)CCC2. The number of aryl methyl sites for hydroxylation is 1. The van der Waals surface area contributed by atoms with Gasteiger partial charge in [-0.15, -0.1) is 0 Å². The second-order valence-corrected chi connectivity index (χ2v) is 7.29. The van der Waals surface area contributed by atoms with E-state index in [2.05, 4.69) is 5.10 Å². The monoisotopic (exact) mass is 373 g/mol. The van der Waals surface area contributed by atoms with Crippen molar-refractivity contribution >= 4 is 11.7 Å². The lowest BCUT2D eigenvalue weighted by molar-refractivity contribution is 0.0785. The number of hydrogen-bond acceptors (Lipinski definition) is 3. The van der Waals surface area contributed by atoms with Crippen LogP contribution in [0.15, 0.2) is 54.6 Å². The molecule has 3 aromatic rings. The second kappa shape index (κ2) is 7.43. The van der Waals surface area contributed by atoms with Crippen molar-refractivity contribution in [2.75, 3.05) is 7.05 Å². The molecule has 1 aliphatic rings. The van der Waals surface area contributed by atoms with Crippen LogP contribution in [0.25, 0.3) is 5.69 Å². The van der Waals surface area contributed by atoms with Crippen molar-refractivity contribution in [2.24, 2.45) is 0 Å². The van der Waals surface area contributed by atoms with Gasteiger partial charge >= 0.3 is 0 Å². The quantitative estimate of drug-likeness (QED) is 0.695. The number of ketones is 1. The molecule has 28 heavy (non-hydrogen) atoms. The smallest absolute Gasteiger partial charge is 0.253 e. The first-order valence-corrected chi connectivity index (χ1v) is 9.56. The minimum atomic E-state index is -0.0238. The lowest BCUT2D eigenvalue weighted by Crippen LogP contribution is -2.26. The fourth-order valence-corrected chi connectivity index (χ4v) is 3.82. The van der Waals surface area contributed by atoms with Crippen LogP contribution in [0, 0.1) is 6.92 Å². The Labute approximate surface area is 164 Å². The molecule has 1 amide bonds. The van der Waals surface area contributed by atoms with Gasteiger partial charge in [0.05, 0.1) is 22.6 Å². The van der Waals surface area contributed by atoms with Crippen LogP contribution in [0.1, 0.15) is 50.5 Å². The van der Waals surface area contributed by atoms with Crippen LogP contribution in [-0.2, 0) is 13.0 Å². The summed E-state index contributed by atoms with van der Waals surface area (Å²) in [5.74, 6) is 0.156. The molecule has 1 aliphatic carbocycles. The maximum Gasteiger partial charge on any atom is 0.253 e. The number of nitrogens with zero attached hydrogens (tertiary/aromatic N) is 3. The average molecular weight is 373 g/mol. The lowest BCUT2D eigenvalue weighted by atomic mass is 9.94. The Balaban J connectivity index is 1.55. The molecule has 0 aliphatic heterocycles. The van der Waals surface area contributed by atoms with Crippen LogP contribution in [0.3, 0.4) is 0 Å². The third-order valence-corrected chi connectivity index (χ3v) is 5.22. The zero-order valence-corrected chi connectivity index (χ0v) is 16.2. The lowest BCUT2D eigenvalue weighted by Gasteiger charge is -2.18. The normalized spacial score (nSPS) is 13.3. The zero-order chi connectivity index (χ0) is 19.7. The molecule has 0 spiro atoms. The van der Waals surface area contributed by atoms with Crippen LogP contribution in [0.2, 0.25) is 0 Å². The van der Waals surface area contributed by atoms with Gasteiger partial charge in [0.15, 0.2) is 5.78 Å². The first-order chi connectivity index (χ1) is 13.5. The number of amides is 1. The topological polar surface area (TPSA) is 55.2 Å². The summed E-state index contributed by atoms with van der Waals surface area (Å²) in [4.78, 5) is 26.7. The molecule has 4 rings (SSSR count). The highest BCUT2D eigenvalue weighted by Crippen LogP contribution is 2.26. The molecule has 0 fully saturated rings. The molecule has 5 heteroatoms. The van der Waals surface area contributed by atoms with E-state index in [9.17, 15) is 9.59 Å². The van der Waals surface area contributed by atoms with Gasteiger partial charge in [0.2, 0.25) is 0 Å². The Kier molecular flexibility index (Phi) is 4.82. The van der Waals surface area contributed by atoms with Crippen molar-refractivity contribution in [3.63, 3.8) is 0 Å². The predicted molar refractivity (Wildman–Crippen MR) is 108 cm³/mol. The highest BCUT2D eigenvalue weighted by molar-refractivity contribution is 5.99. The molecule has 0 radical (unpaired) electrons. The molecule has 5 nitrogen and oxygen atoms in total. The average Bonchev–Trinajstić information content (AvgIpc) is 3.06. The molecular weight excluding hydrogens is 350 g/mol. The van der Waals surface area contributed by atoms with Gasteiger partial charge in [-0.1, -0.05) is 30.3 Å². The molecule has 142 valence electrons. The van der Waals surface area contributed by atoms with E-state index >= 15 is 0 Å². The third-order valence-electron chi connectivity index (χ3n) is 5.22. The van der Waals surface area contributed by atoms with Crippen molar-refractivity contribution in [1.82, 2.24) is 14.7 Å². The van der Waals surface area contributed by atoms with Gasteiger partial charge in [-0.25, -0.2) is 4.68 Å². The van der Waals surface area contributed by atoms with Gasteiger partial charge in [-0.3, -0.25) is 9.59 Å². The molecule has 0 atom stereocenters. The predicted octanol–water partition coefficient (Wildman–Crippen LogP) is 3.97. The number of carbonyl (C=O) groups is 2. The fourth-order valence-electron chi connectivity index (χ4n) is 3.82. The first kappa shape index (κ1) is 18.2. The van der Waals surface area contributed by atoms with Crippen LogP contribution in [0.4, 0.5) is 0 Å². The highest BCUT2D eigenvalue weighted by atomic mass is 16.2. The summed E-state index contributed by atoms with van der Waals surface area (Å²) >= 11 is 0. The largest absolute Gasteiger partial charge is 0.337 e. The van der Waals surface area contributed by atoms with E-state index in [1.54, 1.807) is 4.90 Å². The van der Waals surface area contributed by atoms with E-state index in [4.69, 9.17) is 0 Å². The summed E-state index contributed by atoms with van der Waals surface area (Å²) in [6.45, 7) is 2.45. The molecule has 0 saturated heterocycles. The number of benzene rings is 2. The van der Waals surface area contributed by atoms with Gasteiger partial charge in [-0.2, -0.15) is 5.10 Å². The van der Waals surface area contributed by atoms with Crippen molar-refractivity contribution in [3.05, 3.63) is 82.7 Å². The van der Waals surface area contributed by atoms with Gasteiger partial charge in [-0.05, 0) is 49.6 Å². The number of fused-ring (bicyclic) bond motifs is 1. The van der Waals surface area contributed by atoms with E-state index in [-0.39, 0.29) is 11.7 Å². The first-order valence-electron chi connectivity index (χ1n) is 9.56. The number of rotatable bonds is 4. The van der Waals surface area contributed by atoms with Gasteiger partial charge in [0.1, 0.15) is 0 Å². The Hall–Kier alpha value is -3.21.